The van der Waals surface area contributed by atoms with Crippen LogP contribution in [-0.2, 0) is 9.59 Å². The maximum atomic E-state index is 12.7. The molecule has 140 valence electrons. The van der Waals surface area contributed by atoms with Crippen molar-refractivity contribution < 1.29 is 9.59 Å². The Labute approximate surface area is 167 Å². The van der Waals surface area contributed by atoms with E-state index in [0.717, 1.165) is 5.56 Å². The molecule has 2 aromatic carbocycles. The number of nitrogens with zero attached hydrogens (tertiary/aromatic N) is 2. The minimum atomic E-state index is -0.478. The number of amides is 2. The number of aliphatic imine (C=N–C) groups is 1. The van der Waals surface area contributed by atoms with E-state index in [0.29, 0.717) is 28.1 Å². The molecule has 2 aromatic rings. The zero-order chi connectivity index (χ0) is 19.4. The zero-order valence-corrected chi connectivity index (χ0v) is 16.7. The van der Waals surface area contributed by atoms with Crippen molar-refractivity contribution in [1.82, 2.24) is 4.90 Å². The summed E-state index contributed by atoms with van der Waals surface area (Å²) in [7, 11) is 0. The third kappa shape index (κ3) is 4.70. The zero-order valence-electron chi connectivity index (χ0n) is 15.1. The molecule has 0 spiro atoms. The molecule has 5 nitrogen and oxygen atoms in total. The van der Waals surface area contributed by atoms with Gasteiger partial charge < -0.3 is 5.32 Å². The highest BCUT2D eigenvalue weighted by Gasteiger charge is 2.38. The first kappa shape index (κ1) is 19.5. The maximum absolute atomic E-state index is 12.7. The van der Waals surface area contributed by atoms with Crippen LogP contribution in [0, 0.1) is 6.92 Å². The minimum absolute atomic E-state index is 0.0947. The Morgan fingerprint density at radius 1 is 1.26 bits per heavy atom. The van der Waals surface area contributed by atoms with E-state index in [9.17, 15) is 9.59 Å². The number of amidine groups is 1. The molecular formula is C20H20ClN3O2S. The molecule has 1 fully saturated rings. The fourth-order valence-corrected chi connectivity index (χ4v) is 4.08. The molecule has 1 heterocycles. The lowest BCUT2D eigenvalue weighted by Gasteiger charge is -2.13. The molecule has 27 heavy (non-hydrogen) atoms. The van der Waals surface area contributed by atoms with Crippen molar-refractivity contribution in [2.24, 2.45) is 4.99 Å². The second-order valence-corrected chi connectivity index (χ2v) is 7.71. The second kappa shape index (κ2) is 8.59. The van der Waals surface area contributed by atoms with Gasteiger partial charge in [0.2, 0.25) is 11.8 Å². The van der Waals surface area contributed by atoms with Gasteiger partial charge in [-0.2, -0.15) is 0 Å². The van der Waals surface area contributed by atoms with Crippen molar-refractivity contribution >= 4 is 51.7 Å². The molecule has 0 bridgehead atoms. The molecule has 7 heteroatoms. The van der Waals surface area contributed by atoms with E-state index in [-0.39, 0.29) is 18.2 Å². The number of benzene rings is 2. The number of anilines is 1. The number of aryl methyl sites for hydroxylation is 1. The maximum Gasteiger partial charge on any atom is 0.242 e. The van der Waals surface area contributed by atoms with E-state index in [1.54, 1.807) is 11.0 Å². The highest BCUT2D eigenvalue weighted by atomic mass is 35.5. The van der Waals surface area contributed by atoms with Gasteiger partial charge >= 0.3 is 0 Å². The van der Waals surface area contributed by atoms with Gasteiger partial charge in [0.1, 0.15) is 5.25 Å². The summed E-state index contributed by atoms with van der Waals surface area (Å²) in [6.07, 6.45) is 0.0998. The molecule has 1 N–H and O–H groups in total. The number of rotatable bonds is 5. The first-order valence-corrected chi connectivity index (χ1v) is 9.91. The Morgan fingerprint density at radius 2 is 2.00 bits per heavy atom. The Bertz CT molecular complexity index is 886. The number of carbonyl (C=O) groups is 2. The molecule has 0 aromatic heterocycles. The monoisotopic (exact) mass is 401 g/mol. The molecule has 3 rings (SSSR count). The second-order valence-electron chi connectivity index (χ2n) is 6.14. The van der Waals surface area contributed by atoms with Gasteiger partial charge in [0, 0.05) is 23.7 Å². The van der Waals surface area contributed by atoms with Crippen LogP contribution in [0.1, 0.15) is 18.9 Å². The average Bonchev–Trinajstić information content (AvgIpc) is 2.93. The Balaban J connectivity index is 1.73. The molecule has 0 aliphatic carbocycles. The first-order chi connectivity index (χ1) is 13.0. The number of halogens is 1. The first-order valence-electron chi connectivity index (χ1n) is 8.65. The molecule has 1 atom stereocenters. The SMILES string of the molecule is CCN1C(=O)[C@H](CC(=O)Nc2ccccc2)SC1=Nc1ccc(C)c(Cl)c1. The molecule has 0 unspecified atom stereocenters. The van der Waals surface area contributed by atoms with E-state index in [1.807, 2.05) is 56.3 Å². The van der Waals surface area contributed by atoms with Crippen LogP contribution in [-0.4, -0.2) is 33.7 Å². The van der Waals surface area contributed by atoms with Crippen molar-refractivity contribution in [3.8, 4) is 0 Å². The number of para-hydroxylation sites is 1. The van der Waals surface area contributed by atoms with Gasteiger partial charge in [-0.15, -0.1) is 0 Å². The van der Waals surface area contributed by atoms with E-state index in [2.05, 4.69) is 10.3 Å². The Morgan fingerprint density at radius 3 is 2.67 bits per heavy atom. The molecular weight excluding hydrogens is 382 g/mol. The summed E-state index contributed by atoms with van der Waals surface area (Å²) in [4.78, 5) is 31.2. The summed E-state index contributed by atoms with van der Waals surface area (Å²) < 4.78 is 0. The van der Waals surface area contributed by atoms with Crippen LogP contribution < -0.4 is 5.32 Å². The van der Waals surface area contributed by atoms with Crippen molar-refractivity contribution in [2.75, 3.05) is 11.9 Å². The Kier molecular flexibility index (Phi) is 6.19. The standard InChI is InChI=1S/C20H20ClN3O2S/c1-3-24-19(26)17(12-18(25)22-14-7-5-4-6-8-14)27-20(24)23-15-10-9-13(2)16(21)11-15/h4-11,17H,3,12H2,1-2H3,(H,22,25)/t17-/m0/s1. The van der Waals surface area contributed by atoms with Crippen LogP contribution in [0.5, 0.6) is 0 Å². The molecule has 0 saturated carbocycles. The summed E-state index contributed by atoms with van der Waals surface area (Å²) in [6, 6.07) is 14.7. The van der Waals surface area contributed by atoms with Crippen LogP contribution in [0.15, 0.2) is 53.5 Å². The van der Waals surface area contributed by atoms with E-state index in [4.69, 9.17) is 11.6 Å². The van der Waals surface area contributed by atoms with Crippen LogP contribution >= 0.6 is 23.4 Å². The third-order valence-corrected chi connectivity index (χ3v) is 5.73. The van der Waals surface area contributed by atoms with Crippen LogP contribution in [0.2, 0.25) is 5.02 Å². The number of thioether (sulfide) groups is 1. The lowest BCUT2D eigenvalue weighted by Crippen LogP contribution is -2.33. The van der Waals surface area contributed by atoms with Gasteiger partial charge in [-0.05, 0) is 43.7 Å². The summed E-state index contributed by atoms with van der Waals surface area (Å²) in [5, 5.41) is 3.57. The normalized spacial score (nSPS) is 18.2. The van der Waals surface area contributed by atoms with Crippen molar-refractivity contribution in [3.63, 3.8) is 0 Å². The Hall–Kier alpha value is -2.31. The third-order valence-electron chi connectivity index (χ3n) is 4.14. The van der Waals surface area contributed by atoms with Gasteiger partial charge in [0.25, 0.3) is 0 Å². The summed E-state index contributed by atoms with van der Waals surface area (Å²) in [5.74, 6) is -0.287. The summed E-state index contributed by atoms with van der Waals surface area (Å²) in [6.45, 7) is 4.32. The highest BCUT2D eigenvalue weighted by Crippen LogP contribution is 2.32. The predicted octanol–water partition coefficient (Wildman–Crippen LogP) is 4.63. The molecule has 0 radical (unpaired) electrons. The number of nitrogens with one attached hydrogen (secondary N) is 1. The number of carbonyl (C=O) groups excluding carboxylic acids is 2. The van der Waals surface area contributed by atoms with E-state index < -0.39 is 5.25 Å². The van der Waals surface area contributed by atoms with Gasteiger partial charge in [-0.1, -0.05) is 47.6 Å². The largest absolute Gasteiger partial charge is 0.326 e. The highest BCUT2D eigenvalue weighted by molar-refractivity contribution is 8.15. The van der Waals surface area contributed by atoms with Gasteiger partial charge in [0.05, 0.1) is 5.69 Å². The van der Waals surface area contributed by atoms with Crippen molar-refractivity contribution in [3.05, 3.63) is 59.1 Å². The molecule has 1 saturated heterocycles. The van der Waals surface area contributed by atoms with Gasteiger partial charge in [0.15, 0.2) is 5.17 Å². The van der Waals surface area contributed by atoms with Crippen LogP contribution in [0.25, 0.3) is 0 Å². The van der Waals surface area contributed by atoms with Gasteiger partial charge in [-0.3, -0.25) is 14.5 Å². The average molecular weight is 402 g/mol. The molecule has 2 amide bonds. The topological polar surface area (TPSA) is 61.8 Å². The number of hydrogen-bond donors (Lipinski definition) is 1. The van der Waals surface area contributed by atoms with E-state index >= 15 is 0 Å². The quantitative estimate of drug-likeness (QED) is 0.794. The smallest absolute Gasteiger partial charge is 0.242 e. The van der Waals surface area contributed by atoms with Gasteiger partial charge in [-0.25, -0.2) is 4.99 Å². The summed E-state index contributed by atoms with van der Waals surface area (Å²) in [5.41, 5.74) is 2.38. The lowest BCUT2D eigenvalue weighted by molar-refractivity contribution is -0.128. The lowest BCUT2D eigenvalue weighted by atomic mass is 10.2. The summed E-state index contributed by atoms with van der Waals surface area (Å²) >= 11 is 7.48. The predicted molar refractivity (Wildman–Crippen MR) is 112 cm³/mol. The van der Waals surface area contributed by atoms with Crippen LogP contribution in [0.4, 0.5) is 11.4 Å². The molecule has 1 aliphatic rings. The van der Waals surface area contributed by atoms with Crippen LogP contribution in [0.3, 0.4) is 0 Å². The van der Waals surface area contributed by atoms with Crippen molar-refractivity contribution in [1.29, 1.82) is 0 Å². The molecule has 1 aliphatic heterocycles. The fourth-order valence-electron chi connectivity index (χ4n) is 2.68. The van der Waals surface area contributed by atoms with E-state index in [1.165, 1.54) is 11.8 Å². The van der Waals surface area contributed by atoms with Crippen molar-refractivity contribution in [2.45, 2.75) is 25.5 Å². The number of hydrogen-bond acceptors (Lipinski definition) is 4. The minimum Gasteiger partial charge on any atom is -0.326 e. The fraction of sp³-hybridized carbons (Fsp3) is 0.250.